The number of aromatic amines is 1. The van der Waals surface area contributed by atoms with Gasteiger partial charge >= 0.3 is 31.5 Å². The highest BCUT2D eigenvalue weighted by atomic mass is 31.2. The Kier molecular flexibility index (Phi) is 35.5. The summed E-state index contributed by atoms with van der Waals surface area (Å²) in [4.78, 5) is 73.0. The number of carbonyl (C=O) groups excluding carboxylic acids is 3. The predicted octanol–water partition coefficient (Wildman–Crippen LogP) is 12.2. The number of ether oxygens (including phenoxy) is 4. The number of nitrogens with two attached hydrogens (primary N) is 1. The molecule has 2 aromatic heterocycles. The zero-order valence-electron chi connectivity index (χ0n) is 46.2. The predicted molar refractivity (Wildman–Crippen MR) is 299 cm³/mol. The van der Waals surface area contributed by atoms with Crippen molar-refractivity contribution in [2.75, 3.05) is 52.4 Å². The third-order valence-electron chi connectivity index (χ3n) is 12.8. The fourth-order valence-electron chi connectivity index (χ4n) is 8.35. The van der Waals surface area contributed by atoms with Crippen LogP contribution in [0.4, 0.5) is 5.82 Å². The van der Waals surface area contributed by atoms with Crippen LogP contribution in [0.1, 0.15) is 210 Å². The van der Waals surface area contributed by atoms with Crippen LogP contribution in [-0.4, -0.2) is 95.1 Å². The molecule has 428 valence electrons. The highest BCUT2D eigenvalue weighted by Gasteiger charge is 2.29. The summed E-state index contributed by atoms with van der Waals surface area (Å²) in [5, 5.41) is 2.63. The first-order valence-corrected chi connectivity index (χ1v) is 30.0. The summed E-state index contributed by atoms with van der Waals surface area (Å²) < 4.78 is 46.4. The summed E-state index contributed by atoms with van der Waals surface area (Å²) in [7, 11) is -3.25. The number of rotatable bonds is 47. The van der Waals surface area contributed by atoms with E-state index in [0.29, 0.717) is 25.0 Å². The van der Waals surface area contributed by atoms with Crippen molar-refractivity contribution in [1.82, 2.24) is 24.8 Å². The van der Waals surface area contributed by atoms with Crippen molar-refractivity contribution < 1.29 is 51.8 Å². The number of nitrogen functional groups attached to an aromatic ring is 1. The number of amides is 1. The highest BCUT2D eigenvalue weighted by Crippen LogP contribution is 2.44. The molecule has 76 heavy (non-hydrogen) atoms. The molecule has 3 aromatic rings. The third kappa shape index (κ3) is 30.2. The summed E-state index contributed by atoms with van der Waals surface area (Å²) in [6.45, 7) is 3.66. The van der Waals surface area contributed by atoms with Gasteiger partial charge in [-0.2, -0.15) is 9.97 Å². The summed E-state index contributed by atoms with van der Waals surface area (Å²) in [6.07, 6.45) is 37.7. The minimum absolute atomic E-state index is 0.00475. The molecule has 3 rings (SSSR count). The Hall–Kier alpha value is -4.87. The second kappa shape index (κ2) is 41.3. The van der Waals surface area contributed by atoms with Gasteiger partial charge in [-0.15, -0.1) is 0 Å². The Morgan fingerprint density at radius 1 is 0.697 bits per heavy atom. The maximum absolute atomic E-state index is 13.1. The van der Waals surface area contributed by atoms with Crippen molar-refractivity contribution >= 4 is 42.7 Å². The average Bonchev–Trinajstić information content (AvgIpc) is 3.72. The number of esters is 2. The van der Waals surface area contributed by atoms with Crippen molar-refractivity contribution in [2.24, 2.45) is 0 Å². The molecule has 0 saturated carbocycles. The van der Waals surface area contributed by atoms with E-state index < -0.39 is 57.3 Å². The molecular weight excluding hydrogens is 992 g/mol. The summed E-state index contributed by atoms with van der Waals surface area (Å²) in [5.74, 6) is -1.41. The first kappa shape index (κ1) is 65.4. The molecule has 1 aromatic carbocycles. The minimum atomic E-state index is -4.78. The minimum Gasteiger partial charge on any atom is -0.463 e. The number of allylic oxidation sites excluding steroid dienone is 4. The highest BCUT2D eigenvalue weighted by molar-refractivity contribution is 7.47. The molecule has 0 aliphatic heterocycles. The number of hydrogen-bond donors (Lipinski definition) is 4. The third-order valence-corrected chi connectivity index (χ3v) is 13.8. The Labute approximate surface area is 452 Å². The number of carbonyl (C=O) groups is 3. The number of fused-ring (bicyclic) bond motifs is 1. The number of anilines is 1. The first-order chi connectivity index (χ1) is 37.0. The van der Waals surface area contributed by atoms with E-state index >= 15 is 0 Å². The van der Waals surface area contributed by atoms with E-state index in [-0.39, 0.29) is 61.1 Å². The number of phosphoric acid groups is 1. The van der Waals surface area contributed by atoms with Gasteiger partial charge in [0.25, 0.3) is 5.91 Å². The second-order valence-corrected chi connectivity index (χ2v) is 20.9. The zero-order chi connectivity index (χ0) is 54.9. The standard InChI is InChI=1S/C57H93N6O12P/c1-4-6-8-10-12-14-16-18-20-22-24-26-28-30-32-34-50(64)72-45-49(46-73-51(65)35-33-31-29-27-25-23-21-19-17-15-13-11-9-7-5-2)75-76(68,69)74-41-40-59-55(66)48-38-36-47(37-39-48)44-63-54-52(60-57(63)67)53(58)61-56(62-54)71-43-42-70-3/h18-21,36-39,49H,4-17,22-35,40-46H2,1-3H3,(H,59,66)(H,60,67)(H,68,69)(H2,58,61,62)/b20-18+,21-19+. The van der Waals surface area contributed by atoms with E-state index in [4.69, 9.17) is 33.7 Å². The van der Waals surface area contributed by atoms with E-state index in [1.165, 1.54) is 88.7 Å². The van der Waals surface area contributed by atoms with Crippen molar-refractivity contribution in [1.29, 1.82) is 0 Å². The van der Waals surface area contributed by atoms with Gasteiger partial charge < -0.3 is 39.9 Å². The van der Waals surface area contributed by atoms with Crippen LogP contribution in [0.15, 0.2) is 53.4 Å². The maximum Gasteiger partial charge on any atom is 0.472 e. The number of nitrogens with zero attached hydrogens (tertiary/aromatic N) is 3. The molecule has 1 unspecified atom stereocenters. The molecule has 0 aliphatic rings. The van der Waals surface area contributed by atoms with E-state index in [2.05, 4.69) is 58.4 Å². The smallest absolute Gasteiger partial charge is 0.463 e. The lowest BCUT2D eigenvalue weighted by Gasteiger charge is -2.21. The van der Waals surface area contributed by atoms with Crippen LogP contribution in [-0.2, 0) is 44.0 Å². The number of nitrogens with one attached hydrogen (secondary N) is 2. The number of imidazole rings is 1. The van der Waals surface area contributed by atoms with Crippen LogP contribution in [0.5, 0.6) is 6.01 Å². The molecule has 5 N–H and O–H groups in total. The van der Waals surface area contributed by atoms with Gasteiger partial charge in [-0.1, -0.05) is 153 Å². The summed E-state index contributed by atoms with van der Waals surface area (Å²) in [5.41, 5.74) is 7.07. The number of unbranched alkanes of at least 4 members (excludes halogenated alkanes) is 22. The normalized spacial score (nSPS) is 12.5. The molecule has 0 fully saturated rings. The van der Waals surface area contributed by atoms with Crippen LogP contribution in [0.3, 0.4) is 0 Å². The van der Waals surface area contributed by atoms with Crippen molar-refractivity contribution in [2.45, 2.75) is 206 Å². The van der Waals surface area contributed by atoms with Crippen molar-refractivity contribution in [3.8, 4) is 6.01 Å². The molecule has 0 bridgehead atoms. The van der Waals surface area contributed by atoms with Crippen LogP contribution in [0.25, 0.3) is 11.2 Å². The topological polar surface area (TPSA) is 246 Å². The number of methoxy groups -OCH3 is 1. The summed E-state index contributed by atoms with van der Waals surface area (Å²) in [6, 6.07) is 6.47. The van der Waals surface area contributed by atoms with E-state index in [1.54, 1.807) is 24.3 Å². The van der Waals surface area contributed by atoms with Gasteiger partial charge in [0, 0.05) is 32.1 Å². The van der Waals surface area contributed by atoms with Gasteiger partial charge in [0.2, 0.25) is 0 Å². The Balaban J connectivity index is 1.42. The van der Waals surface area contributed by atoms with Crippen molar-refractivity contribution in [3.05, 3.63) is 70.2 Å². The zero-order valence-corrected chi connectivity index (χ0v) is 47.1. The maximum atomic E-state index is 13.1. The molecule has 0 saturated heterocycles. The number of benzene rings is 1. The number of hydrogen-bond acceptors (Lipinski definition) is 14. The van der Waals surface area contributed by atoms with Crippen LogP contribution in [0, 0.1) is 0 Å². The lowest BCUT2D eigenvalue weighted by atomic mass is 10.1. The number of phosphoric ester groups is 1. The lowest BCUT2D eigenvalue weighted by molar-refractivity contribution is -0.152. The largest absolute Gasteiger partial charge is 0.472 e. The van der Waals surface area contributed by atoms with Gasteiger partial charge in [-0.05, 0) is 81.9 Å². The van der Waals surface area contributed by atoms with E-state index in [0.717, 1.165) is 77.0 Å². The van der Waals surface area contributed by atoms with Gasteiger partial charge in [0.1, 0.15) is 31.4 Å². The number of H-pyrrole nitrogens is 1. The fraction of sp³-hybridized carbons (Fsp3) is 0.684. The second-order valence-electron chi connectivity index (χ2n) is 19.5. The SMILES string of the molecule is CCCCCCCC/C=C/CCCCCCCC(=O)OCC(COC(=O)CCCCCCC/C=C/CCCCCCCC)OP(=O)(O)OCCNC(=O)c1ccc(Cn2c(=O)[nH]c3c(N)nc(OCCOC)nc32)cc1. The number of aromatic nitrogens is 4. The Morgan fingerprint density at radius 3 is 1.68 bits per heavy atom. The van der Waals surface area contributed by atoms with Crippen molar-refractivity contribution in [3.63, 3.8) is 0 Å². The quantitative estimate of drug-likeness (QED) is 0.0178. The van der Waals surface area contributed by atoms with E-state index in [9.17, 15) is 28.6 Å². The molecule has 2 heterocycles. The molecule has 0 radical (unpaired) electrons. The molecule has 1 amide bonds. The molecule has 19 heteroatoms. The first-order valence-electron chi connectivity index (χ1n) is 28.5. The Morgan fingerprint density at radius 2 is 1.18 bits per heavy atom. The van der Waals surface area contributed by atoms with Crippen LogP contribution < -0.4 is 21.5 Å². The molecule has 18 nitrogen and oxygen atoms in total. The molecule has 0 aliphatic carbocycles. The van der Waals surface area contributed by atoms with Gasteiger partial charge in [-0.25, -0.2) is 9.36 Å². The lowest BCUT2D eigenvalue weighted by Crippen LogP contribution is -2.29. The molecule has 1 atom stereocenters. The van der Waals surface area contributed by atoms with Gasteiger partial charge in [0.05, 0.1) is 19.8 Å². The van der Waals surface area contributed by atoms with E-state index in [1.807, 2.05) is 0 Å². The Bertz CT molecular complexity index is 2160. The molecular formula is C57H93N6O12P. The van der Waals surface area contributed by atoms with Crippen LogP contribution in [0.2, 0.25) is 0 Å². The molecule has 0 spiro atoms. The summed E-state index contributed by atoms with van der Waals surface area (Å²) >= 11 is 0. The fourth-order valence-corrected chi connectivity index (χ4v) is 9.24. The van der Waals surface area contributed by atoms with Crippen LogP contribution >= 0.6 is 7.82 Å². The average molecular weight is 1090 g/mol. The van der Waals surface area contributed by atoms with Gasteiger partial charge in [-0.3, -0.25) is 28.0 Å². The monoisotopic (exact) mass is 1080 g/mol. The van der Waals surface area contributed by atoms with Gasteiger partial charge in [0.15, 0.2) is 11.5 Å².